The molecule has 0 aliphatic rings. The number of amides is 3. The van der Waals surface area contributed by atoms with Crippen LogP contribution in [0.5, 0.6) is 0 Å². The Labute approximate surface area is 164 Å². The lowest BCUT2D eigenvalue weighted by Gasteiger charge is -2.20. The van der Waals surface area contributed by atoms with E-state index < -0.39 is 0 Å². The SMILES string of the molecule is CC(=O)Nc1cccc(NCC(=O)Nc2cccc(C(=O)NC(C)(C)C)c2)c1. The predicted octanol–water partition coefficient (Wildman–Crippen LogP) is 3.22. The van der Waals surface area contributed by atoms with Gasteiger partial charge in [-0.1, -0.05) is 12.1 Å². The van der Waals surface area contributed by atoms with E-state index in [2.05, 4.69) is 21.3 Å². The molecule has 0 atom stereocenters. The number of rotatable bonds is 6. The van der Waals surface area contributed by atoms with Crippen LogP contribution in [-0.2, 0) is 9.59 Å². The second-order valence-corrected chi connectivity index (χ2v) is 7.45. The van der Waals surface area contributed by atoms with Gasteiger partial charge in [0, 0.05) is 35.1 Å². The highest BCUT2D eigenvalue weighted by atomic mass is 16.2. The first-order valence-electron chi connectivity index (χ1n) is 8.96. The monoisotopic (exact) mass is 382 g/mol. The van der Waals surface area contributed by atoms with Crippen molar-refractivity contribution in [1.29, 1.82) is 0 Å². The van der Waals surface area contributed by atoms with Gasteiger partial charge in [0.05, 0.1) is 6.54 Å². The smallest absolute Gasteiger partial charge is 0.251 e. The highest BCUT2D eigenvalue weighted by Crippen LogP contribution is 2.15. The summed E-state index contributed by atoms with van der Waals surface area (Å²) in [6.45, 7) is 7.20. The minimum absolute atomic E-state index is 0.0436. The van der Waals surface area contributed by atoms with Crippen molar-refractivity contribution in [1.82, 2.24) is 5.32 Å². The van der Waals surface area contributed by atoms with Gasteiger partial charge in [-0.15, -0.1) is 0 Å². The number of nitrogens with one attached hydrogen (secondary N) is 4. The van der Waals surface area contributed by atoms with Crippen LogP contribution in [0.2, 0.25) is 0 Å². The lowest BCUT2D eigenvalue weighted by molar-refractivity contribution is -0.115. The summed E-state index contributed by atoms with van der Waals surface area (Å²) in [5.41, 5.74) is 2.03. The zero-order valence-corrected chi connectivity index (χ0v) is 16.6. The van der Waals surface area contributed by atoms with E-state index in [1.807, 2.05) is 20.8 Å². The standard InChI is InChI=1S/C21H26N4O3/c1-14(26)23-18-10-6-8-16(12-18)22-13-19(27)24-17-9-5-7-15(11-17)20(28)25-21(2,3)4/h5-12,22H,13H2,1-4H3,(H,23,26)(H,24,27)(H,25,28). The highest BCUT2D eigenvalue weighted by Gasteiger charge is 2.15. The lowest BCUT2D eigenvalue weighted by Crippen LogP contribution is -2.40. The first-order chi connectivity index (χ1) is 13.1. The van der Waals surface area contributed by atoms with Crippen LogP contribution in [0, 0.1) is 0 Å². The van der Waals surface area contributed by atoms with Gasteiger partial charge in [0.15, 0.2) is 0 Å². The molecule has 0 saturated heterocycles. The van der Waals surface area contributed by atoms with Crippen molar-refractivity contribution in [3.05, 3.63) is 54.1 Å². The summed E-state index contributed by atoms with van der Waals surface area (Å²) in [6.07, 6.45) is 0. The van der Waals surface area contributed by atoms with E-state index in [0.717, 1.165) is 0 Å². The first-order valence-corrected chi connectivity index (χ1v) is 8.96. The molecule has 2 rings (SSSR count). The van der Waals surface area contributed by atoms with Gasteiger partial charge in [-0.05, 0) is 57.2 Å². The Balaban J connectivity index is 1.94. The summed E-state index contributed by atoms with van der Waals surface area (Å²) in [6, 6.07) is 13.9. The summed E-state index contributed by atoms with van der Waals surface area (Å²) >= 11 is 0. The molecule has 2 aromatic carbocycles. The van der Waals surface area contributed by atoms with Crippen molar-refractivity contribution in [2.75, 3.05) is 22.5 Å². The fraction of sp³-hybridized carbons (Fsp3) is 0.286. The van der Waals surface area contributed by atoms with Crippen LogP contribution >= 0.6 is 0 Å². The highest BCUT2D eigenvalue weighted by molar-refractivity contribution is 5.98. The molecule has 148 valence electrons. The van der Waals surface area contributed by atoms with Crippen LogP contribution in [0.25, 0.3) is 0 Å². The van der Waals surface area contributed by atoms with E-state index in [9.17, 15) is 14.4 Å². The molecule has 7 nitrogen and oxygen atoms in total. The van der Waals surface area contributed by atoms with Gasteiger partial charge in [-0.2, -0.15) is 0 Å². The Morgan fingerprint density at radius 1 is 0.857 bits per heavy atom. The third-order valence-corrected chi connectivity index (χ3v) is 3.53. The van der Waals surface area contributed by atoms with Crippen molar-refractivity contribution in [2.24, 2.45) is 0 Å². The molecule has 4 N–H and O–H groups in total. The van der Waals surface area contributed by atoms with Gasteiger partial charge in [-0.3, -0.25) is 14.4 Å². The van der Waals surface area contributed by atoms with E-state index in [0.29, 0.717) is 22.6 Å². The molecule has 0 aromatic heterocycles. The maximum atomic E-state index is 12.3. The van der Waals surface area contributed by atoms with Crippen LogP contribution in [0.4, 0.5) is 17.1 Å². The fourth-order valence-electron chi connectivity index (χ4n) is 2.45. The minimum atomic E-state index is -0.341. The Morgan fingerprint density at radius 3 is 2.11 bits per heavy atom. The molecule has 0 aliphatic carbocycles. The summed E-state index contributed by atoms with van der Waals surface area (Å²) in [7, 11) is 0. The summed E-state index contributed by atoms with van der Waals surface area (Å²) < 4.78 is 0. The summed E-state index contributed by atoms with van der Waals surface area (Å²) in [5, 5.41) is 11.3. The molecule has 7 heteroatoms. The fourth-order valence-corrected chi connectivity index (χ4v) is 2.45. The molecule has 28 heavy (non-hydrogen) atoms. The predicted molar refractivity (Wildman–Crippen MR) is 112 cm³/mol. The normalized spacial score (nSPS) is 10.7. The van der Waals surface area contributed by atoms with Crippen LogP contribution in [0.3, 0.4) is 0 Å². The molecule has 0 aliphatic heterocycles. The number of benzene rings is 2. The lowest BCUT2D eigenvalue weighted by atomic mass is 10.1. The van der Waals surface area contributed by atoms with Crippen LogP contribution in [0.1, 0.15) is 38.1 Å². The maximum absolute atomic E-state index is 12.3. The molecule has 0 bridgehead atoms. The van der Waals surface area contributed by atoms with Crippen molar-refractivity contribution in [3.63, 3.8) is 0 Å². The molecule has 0 unspecified atom stereocenters. The molecule has 0 fully saturated rings. The zero-order valence-electron chi connectivity index (χ0n) is 16.6. The molecule has 2 aromatic rings. The Hall–Kier alpha value is -3.35. The number of hydrogen-bond acceptors (Lipinski definition) is 4. The molecule has 3 amide bonds. The topological polar surface area (TPSA) is 99.3 Å². The first kappa shape index (κ1) is 21.0. The number of hydrogen-bond donors (Lipinski definition) is 4. The van der Waals surface area contributed by atoms with E-state index in [-0.39, 0.29) is 29.8 Å². The third kappa shape index (κ3) is 7.11. The Bertz CT molecular complexity index is 872. The number of carbonyl (C=O) groups excluding carboxylic acids is 3. The number of carbonyl (C=O) groups is 3. The van der Waals surface area contributed by atoms with Crippen LogP contribution in [-0.4, -0.2) is 29.8 Å². The van der Waals surface area contributed by atoms with E-state index >= 15 is 0 Å². The van der Waals surface area contributed by atoms with Crippen molar-refractivity contribution in [2.45, 2.75) is 33.2 Å². The van der Waals surface area contributed by atoms with Crippen molar-refractivity contribution in [3.8, 4) is 0 Å². The minimum Gasteiger partial charge on any atom is -0.376 e. The molecule has 0 heterocycles. The van der Waals surface area contributed by atoms with E-state index in [1.54, 1.807) is 48.5 Å². The third-order valence-electron chi connectivity index (χ3n) is 3.53. The van der Waals surface area contributed by atoms with E-state index in [4.69, 9.17) is 0 Å². The van der Waals surface area contributed by atoms with Crippen LogP contribution < -0.4 is 21.3 Å². The molecule has 0 saturated carbocycles. The molecular formula is C21H26N4O3. The van der Waals surface area contributed by atoms with Gasteiger partial charge in [0.2, 0.25) is 11.8 Å². The second-order valence-electron chi connectivity index (χ2n) is 7.45. The average molecular weight is 382 g/mol. The Kier molecular flexibility index (Phi) is 6.76. The maximum Gasteiger partial charge on any atom is 0.251 e. The van der Waals surface area contributed by atoms with Gasteiger partial charge in [-0.25, -0.2) is 0 Å². The largest absolute Gasteiger partial charge is 0.376 e. The summed E-state index contributed by atoms with van der Waals surface area (Å²) in [4.78, 5) is 35.6. The average Bonchev–Trinajstić information content (AvgIpc) is 2.58. The van der Waals surface area contributed by atoms with Gasteiger partial charge < -0.3 is 21.3 Å². The summed E-state index contributed by atoms with van der Waals surface area (Å²) in [5.74, 6) is -0.611. The van der Waals surface area contributed by atoms with Gasteiger partial charge in [0.1, 0.15) is 0 Å². The van der Waals surface area contributed by atoms with Crippen LogP contribution in [0.15, 0.2) is 48.5 Å². The molecule has 0 spiro atoms. The number of anilines is 3. The zero-order chi connectivity index (χ0) is 20.7. The molecule has 0 radical (unpaired) electrons. The Morgan fingerprint density at radius 2 is 1.46 bits per heavy atom. The second kappa shape index (κ2) is 9.03. The van der Waals surface area contributed by atoms with Gasteiger partial charge in [0.25, 0.3) is 5.91 Å². The van der Waals surface area contributed by atoms with Crippen molar-refractivity contribution < 1.29 is 14.4 Å². The van der Waals surface area contributed by atoms with Crippen molar-refractivity contribution >= 4 is 34.8 Å². The quantitative estimate of drug-likeness (QED) is 0.616. The van der Waals surface area contributed by atoms with Gasteiger partial charge >= 0.3 is 0 Å². The molecular weight excluding hydrogens is 356 g/mol. The van der Waals surface area contributed by atoms with E-state index in [1.165, 1.54) is 6.92 Å².